The fraction of sp³-hybridized carbons (Fsp3) is 0.450. The lowest BCUT2D eigenvalue weighted by atomic mass is 10.2. The second-order valence-electron chi connectivity index (χ2n) is 6.85. The standard InChI is InChI=1S/C20H26N4O5/c1-3-5-11-24-17(21)16(18(25)22-20(24)27)23(10-4-2)19(26)15-12-28-13-8-6-7-9-14(13)29-15/h6-9,15H,3-5,10-12,21H2,1-2H3,(H,22,25,27)/t15-/m0/s1. The van der Waals surface area contributed by atoms with E-state index >= 15 is 0 Å². The lowest BCUT2D eigenvalue weighted by Crippen LogP contribution is -2.49. The van der Waals surface area contributed by atoms with Gasteiger partial charge in [-0.15, -0.1) is 0 Å². The van der Waals surface area contributed by atoms with Gasteiger partial charge in [0.15, 0.2) is 17.2 Å². The summed E-state index contributed by atoms with van der Waals surface area (Å²) in [5.74, 6) is 0.554. The molecule has 0 bridgehead atoms. The number of nitrogen functional groups attached to an aromatic ring is 1. The lowest BCUT2D eigenvalue weighted by Gasteiger charge is -2.31. The van der Waals surface area contributed by atoms with Crippen molar-refractivity contribution in [1.29, 1.82) is 0 Å². The second-order valence-corrected chi connectivity index (χ2v) is 6.85. The number of carbonyl (C=O) groups is 1. The minimum atomic E-state index is -0.925. The number of benzene rings is 1. The number of H-pyrrole nitrogens is 1. The Morgan fingerprint density at radius 3 is 2.66 bits per heavy atom. The smallest absolute Gasteiger partial charge is 0.330 e. The van der Waals surface area contributed by atoms with Crippen LogP contribution in [0, 0.1) is 0 Å². The van der Waals surface area contributed by atoms with Crippen molar-refractivity contribution in [2.24, 2.45) is 0 Å². The Balaban J connectivity index is 1.97. The molecule has 0 fully saturated rings. The topological polar surface area (TPSA) is 120 Å². The largest absolute Gasteiger partial charge is 0.485 e. The molecule has 0 saturated carbocycles. The van der Waals surface area contributed by atoms with Crippen molar-refractivity contribution in [1.82, 2.24) is 9.55 Å². The summed E-state index contributed by atoms with van der Waals surface area (Å²) < 4.78 is 12.7. The number of amides is 1. The number of para-hydroxylation sites is 2. The Morgan fingerprint density at radius 1 is 1.24 bits per heavy atom. The van der Waals surface area contributed by atoms with Crippen LogP contribution in [0.1, 0.15) is 33.1 Å². The molecule has 9 heteroatoms. The number of aromatic nitrogens is 2. The maximum atomic E-state index is 13.2. The van der Waals surface area contributed by atoms with E-state index in [0.29, 0.717) is 30.9 Å². The van der Waals surface area contributed by atoms with Crippen LogP contribution in [-0.2, 0) is 11.3 Å². The first-order valence-corrected chi connectivity index (χ1v) is 9.80. The Kier molecular flexibility index (Phi) is 6.26. The molecule has 1 amide bonds. The van der Waals surface area contributed by atoms with E-state index in [-0.39, 0.29) is 24.7 Å². The highest BCUT2D eigenvalue weighted by molar-refractivity contribution is 5.98. The fourth-order valence-corrected chi connectivity index (χ4v) is 3.25. The van der Waals surface area contributed by atoms with Crippen molar-refractivity contribution in [2.45, 2.75) is 45.8 Å². The molecule has 0 saturated heterocycles. The number of nitrogens with one attached hydrogen (secondary N) is 1. The molecule has 1 aromatic heterocycles. The first-order valence-electron chi connectivity index (χ1n) is 9.80. The normalized spacial score (nSPS) is 15.2. The van der Waals surface area contributed by atoms with E-state index in [2.05, 4.69) is 4.98 Å². The molecule has 0 aliphatic carbocycles. The molecule has 3 rings (SSSR count). The molecular weight excluding hydrogens is 376 g/mol. The summed E-state index contributed by atoms with van der Waals surface area (Å²) in [4.78, 5) is 41.6. The summed E-state index contributed by atoms with van der Waals surface area (Å²) in [7, 11) is 0. The molecule has 2 aromatic rings. The molecule has 2 heterocycles. The number of ether oxygens (including phenoxy) is 2. The number of fused-ring (bicyclic) bond motifs is 1. The number of rotatable bonds is 7. The molecule has 0 unspecified atom stereocenters. The molecule has 1 aliphatic heterocycles. The highest BCUT2D eigenvalue weighted by atomic mass is 16.6. The van der Waals surface area contributed by atoms with E-state index in [0.717, 1.165) is 6.42 Å². The first-order chi connectivity index (χ1) is 14.0. The predicted molar refractivity (Wildman–Crippen MR) is 110 cm³/mol. The van der Waals surface area contributed by atoms with Gasteiger partial charge in [0.05, 0.1) is 0 Å². The van der Waals surface area contributed by atoms with Crippen LogP contribution in [0.15, 0.2) is 33.9 Å². The van der Waals surface area contributed by atoms with Crippen molar-refractivity contribution in [3.05, 3.63) is 45.1 Å². The highest BCUT2D eigenvalue weighted by Crippen LogP contribution is 2.32. The molecule has 1 atom stereocenters. The molecule has 9 nitrogen and oxygen atoms in total. The van der Waals surface area contributed by atoms with Crippen molar-refractivity contribution in [3.8, 4) is 11.5 Å². The number of unbranched alkanes of at least 4 members (excludes halogenated alkanes) is 1. The van der Waals surface area contributed by atoms with Crippen molar-refractivity contribution >= 4 is 17.4 Å². The minimum absolute atomic E-state index is 0.0172. The fourth-order valence-electron chi connectivity index (χ4n) is 3.25. The Bertz CT molecular complexity index is 997. The maximum Gasteiger partial charge on any atom is 0.330 e. The third-order valence-electron chi connectivity index (χ3n) is 4.72. The van der Waals surface area contributed by atoms with Crippen LogP contribution < -0.4 is 31.4 Å². The highest BCUT2D eigenvalue weighted by Gasteiger charge is 2.34. The van der Waals surface area contributed by atoms with Crippen LogP contribution in [0.3, 0.4) is 0 Å². The monoisotopic (exact) mass is 402 g/mol. The van der Waals surface area contributed by atoms with Gasteiger partial charge in [0.1, 0.15) is 12.4 Å². The van der Waals surface area contributed by atoms with Gasteiger partial charge < -0.3 is 20.1 Å². The van der Waals surface area contributed by atoms with E-state index in [1.807, 2.05) is 19.9 Å². The first kappa shape index (κ1) is 20.5. The van der Waals surface area contributed by atoms with E-state index in [1.165, 1.54) is 9.47 Å². The molecule has 1 aliphatic rings. The van der Waals surface area contributed by atoms with Crippen molar-refractivity contribution in [2.75, 3.05) is 23.8 Å². The number of hydrogen-bond acceptors (Lipinski definition) is 6. The third-order valence-corrected chi connectivity index (χ3v) is 4.72. The third kappa shape index (κ3) is 4.13. The summed E-state index contributed by atoms with van der Waals surface area (Å²) in [6, 6.07) is 7.07. The number of carbonyl (C=O) groups excluding carboxylic acids is 1. The van der Waals surface area contributed by atoms with Gasteiger partial charge in [0.2, 0.25) is 6.10 Å². The van der Waals surface area contributed by atoms with Crippen LogP contribution in [0.25, 0.3) is 0 Å². The van der Waals surface area contributed by atoms with E-state index < -0.39 is 23.3 Å². The van der Waals surface area contributed by atoms with Crippen LogP contribution in [0.5, 0.6) is 11.5 Å². The van der Waals surface area contributed by atoms with E-state index in [4.69, 9.17) is 15.2 Å². The molecule has 3 N–H and O–H groups in total. The Hall–Kier alpha value is -3.23. The van der Waals surface area contributed by atoms with Crippen molar-refractivity contribution < 1.29 is 14.3 Å². The van der Waals surface area contributed by atoms with Gasteiger partial charge in [-0.2, -0.15) is 0 Å². The number of nitrogens with zero attached hydrogens (tertiary/aromatic N) is 2. The predicted octanol–water partition coefficient (Wildman–Crippen LogP) is 1.50. The summed E-state index contributed by atoms with van der Waals surface area (Å²) in [6.45, 7) is 4.49. The molecule has 156 valence electrons. The Morgan fingerprint density at radius 2 is 1.97 bits per heavy atom. The zero-order chi connectivity index (χ0) is 21.0. The van der Waals surface area contributed by atoms with Gasteiger partial charge in [0.25, 0.3) is 11.5 Å². The SMILES string of the molecule is CCCCn1c(N)c(N(CCC)C(=O)[C@@H]2COc3ccccc3O2)c(=O)[nH]c1=O. The van der Waals surface area contributed by atoms with Crippen molar-refractivity contribution in [3.63, 3.8) is 0 Å². The molecule has 1 aromatic carbocycles. The summed E-state index contributed by atoms with van der Waals surface area (Å²) in [5, 5.41) is 0. The number of hydrogen-bond donors (Lipinski definition) is 2. The minimum Gasteiger partial charge on any atom is -0.485 e. The zero-order valence-electron chi connectivity index (χ0n) is 16.6. The lowest BCUT2D eigenvalue weighted by molar-refractivity contribution is -0.127. The number of nitrogens with two attached hydrogens (primary N) is 1. The summed E-state index contributed by atoms with van der Waals surface area (Å²) in [6.07, 6.45) is 1.23. The van der Waals surface area contributed by atoms with Gasteiger partial charge in [-0.25, -0.2) is 4.79 Å². The van der Waals surface area contributed by atoms with Gasteiger partial charge in [-0.3, -0.25) is 19.1 Å². The summed E-state index contributed by atoms with van der Waals surface area (Å²) in [5.41, 5.74) is 4.87. The van der Waals surface area contributed by atoms with E-state index in [1.54, 1.807) is 18.2 Å². The van der Waals surface area contributed by atoms with Crippen LogP contribution in [0.4, 0.5) is 11.5 Å². The van der Waals surface area contributed by atoms with Crippen LogP contribution in [-0.4, -0.2) is 34.7 Å². The van der Waals surface area contributed by atoms with E-state index in [9.17, 15) is 14.4 Å². The quantitative estimate of drug-likeness (QED) is 0.724. The molecule has 0 spiro atoms. The number of aromatic amines is 1. The average molecular weight is 402 g/mol. The van der Waals surface area contributed by atoms with Crippen LogP contribution >= 0.6 is 0 Å². The molecule has 0 radical (unpaired) electrons. The molecule has 29 heavy (non-hydrogen) atoms. The van der Waals surface area contributed by atoms with Gasteiger partial charge in [-0.1, -0.05) is 32.4 Å². The van der Waals surface area contributed by atoms with Crippen LogP contribution in [0.2, 0.25) is 0 Å². The maximum absolute atomic E-state index is 13.2. The Labute approximate surface area is 168 Å². The molecular formula is C20H26N4O5. The van der Waals surface area contributed by atoms with Gasteiger partial charge >= 0.3 is 5.69 Å². The van der Waals surface area contributed by atoms with Gasteiger partial charge in [0, 0.05) is 13.1 Å². The zero-order valence-corrected chi connectivity index (χ0v) is 16.6. The second kappa shape index (κ2) is 8.85. The average Bonchev–Trinajstić information content (AvgIpc) is 2.72. The summed E-state index contributed by atoms with van der Waals surface area (Å²) >= 11 is 0. The van der Waals surface area contributed by atoms with Gasteiger partial charge in [-0.05, 0) is 25.0 Å². The number of anilines is 2.